The highest BCUT2D eigenvalue weighted by atomic mass is 35.5. The van der Waals surface area contributed by atoms with E-state index in [1.54, 1.807) is 18.2 Å². The summed E-state index contributed by atoms with van der Waals surface area (Å²) in [5, 5.41) is 8.40. The molecule has 0 saturated carbocycles. The van der Waals surface area contributed by atoms with E-state index in [-0.39, 0.29) is 75.1 Å². The predicted molar refractivity (Wildman–Crippen MR) is 158 cm³/mol. The maximum atomic E-state index is 12.9. The Morgan fingerprint density at radius 3 is 2.21 bits per heavy atom. The van der Waals surface area contributed by atoms with E-state index in [0.717, 1.165) is 32.7 Å². The molecule has 42 heavy (non-hydrogen) atoms. The van der Waals surface area contributed by atoms with Crippen molar-refractivity contribution < 1.29 is 38.1 Å². The Bertz CT molecular complexity index is 1040. The number of rotatable bonds is 16. The molecule has 4 amide bonds. The van der Waals surface area contributed by atoms with Gasteiger partial charge in [0.05, 0.1) is 46.2 Å². The van der Waals surface area contributed by atoms with Gasteiger partial charge in [-0.2, -0.15) is 0 Å². The van der Waals surface area contributed by atoms with Crippen molar-refractivity contribution in [3.05, 3.63) is 29.3 Å². The molecule has 1 atom stereocenters. The first-order valence-corrected chi connectivity index (χ1v) is 13.8. The number of hydrogen-bond donors (Lipinski definition) is 3. The Labute approximate surface area is 258 Å². The maximum absolute atomic E-state index is 12.9. The number of piperazine rings is 1. The molecule has 0 spiro atoms. The lowest BCUT2D eigenvalue weighted by atomic mass is 10.0. The number of carbonyl (C=O) groups excluding carboxylic acids is 4. The van der Waals surface area contributed by atoms with Gasteiger partial charge < -0.3 is 34.5 Å². The molecule has 3 aliphatic heterocycles. The molecule has 3 heterocycles. The van der Waals surface area contributed by atoms with Crippen LogP contribution in [0.15, 0.2) is 18.2 Å². The highest BCUT2D eigenvalue weighted by Gasteiger charge is 2.39. The number of carbonyl (C=O) groups is 4. The average molecular weight is 635 g/mol. The molecule has 0 bridgehead atoms. The standard InChI is InChI=1S/C27H39N5O8.2ClH/c33-24-5-4-23(26(35)30-24)32-18-21-20(27(32)36)2-1-3-22(21)29-25(34)19-40-17-16-39-15-14-38-13-12-37-11-10-31-8-6-28-7-9-31;;/h1-3,23,28H,4-19H2,(H,29,34)(H,30,33,35);2*1H. The molecule has 1 aromatic carbocycles. The van der Waals surface area contributed by atoms with Gasteiger partial charge in [-0.1, -0.05) is 6.07 Å². The number of ether oxygens (including phenoxy) is 4. The van der Waals surface area contributed by atoms with Crippen molar-refractivity contribution in [2.24, 2.45) is 0 Å². The molecular formula is C27H41Cl2N5O8. The lowest BCUT2D eigenvalue weighted by Gasteiger charge is -2.29. The summed E-state index contributed by atoms with van der Waals surface area (Å²) in [6.07, 6.45) is 0.459. The molecule has 236 valence electrons. The molecule has 4 rings (SSSR count). The van der Waals surface area contributed by atoms with Crippen LogP contribution < -0.4 is 16.0 Å². The fourth-order valence-corrected chi connectivity index (χ4v) is 4.84. The molecule has 2 saturated heterocycles. The van der Waals surface area contributed by atoms with E-state index in [9.17, 15) is 19.2 Å². The van der Waals surface area contributed by atoms with Gasteiger partial charge >= 0.3 is 0 Å². The van der Waals surface area contributed by atoms with Crippen LogP contribution in [0.4, 0.5) is 5.69 Å². The van der Waals surface area contributed by atoms with Crippen molar-refractivity contribution in [1.29, 1.82) is 0 Å². The SMILES string of the molecule is Cl.Cl.O=C1CCC(N2Cc3c(NC(=O)COCCOCCOCCOCCN4CCNCC4)cccc3C2=O)C(=O)N1. The first-order chi connectivity index (χ1) is 19.5. The van der Waals surface area contributed by atoms with Crippen LogP contribution in [0, 0.1) is 0 Å². The van der Waals surface area contributed by atoms with Gasteiger partial charge in [-0.15, -0.1) is 24.8 Å². The Kier molecular flexibility index (Phi) is 16.2. The number of anilines is 1. The fourth-order valence-electron chi connectivity index (χ4n) is 4.84. The fraction of sp³-hybridized carbons (Fsp3) is 0.630. The van der Waals surface area contributed by atoms with Crippen molar-refractivity contribution in [3.8, 4) is 0 Å². The molecule has 3 aliphatic rings. The number of benzene rings is 1. The van der Waals surface area contributed by atoms with E-state index in [4.69, 9.17) is 18.9 Å². The van der Waals surface area contributed by atoms with Crippen LogP contribution >= 0.6 is 24.8 Å². The molecule has 3 N–H and O–H groups in total. The summed E-state index contributed by atoms with van der Waals surface area (Å²) in [4.78, 5) is 52.9. The number of hydrogen-bond acceptors (Lipinski definition) is 10. The van der Waals surface area contributed by atoms with Crippen molar-refractivity contribution >= 4 is 54.1 Å². The molecule has 1 aromatic rings. The van der Waals surface area contributed by atoms with Gasteiger partial charge in [0.25, 0.3) is 5.91 Å². The van der Waals surface area contributed by atoms with Gasteiger partial charge in [-0.25, -0.2) is 0 Å². The third-order valence-electron chi connectivity index (χ3n) is 6.97. The Balaban J connectivity index is 0.00000308. The number of piperidine rings is 1. The van der Waals surface area contributed by atoms with Crippen molar-refractivity contribution in [1.82, 2.24) is 20.4 Å². The van der Waals surface area contributed by atoms with Crippen molar-refractivity contribution in [2.45, 2.75) is 25.4 Å². The number of imide groups is 1. The van der Waals surface area contributed by atoms with Gasteiger partial charge in [0.15, 0.2) is 0 Å². The lowest BCUT2D eigenvalue weighted by Crippen LogP contribution is -2.52. The zero-order valence-electron chi connectivity index (χ0n) is 23.6. The molecule has 0 aliphatic carbocycles. The minimum atomic E-state index is -0.712. The molecule has 13 nitrogen and oxygen atoms in total. The maximum Gasteiger partial charge on any atom is 0.255 e. The van der Waals surface area contributed by atoms with Crippen LogP contribution in [0.25, 0.3) is 0 Å². The van der Waals surface area contributed by atoms with Crippen molar-refractivity contribution in [2.75, 3.05) is 90.9 Å². The highest BCUT2D eigenvalue weighted by molar-refractivity contribution is 6.06. The third kappa shape index (κ3) is 10.7. The van der Waals surface area contributed by atoms with Crippen molar-refractivity contribution in [3.63, 3.8) is 0 Å². The van der Waals surface area contributed by atoms with E-state index in [1.807, 2.05) is 0 Å². The normalized spacial score (nSPS) is 18.6. The molecule has 1 unspecified atom stereocenters. The minimum absolute atomic E-state index is 0. The molecule has 15 heteroatoms. The molecule has 0 aromatic heterocycles. The van der Waals surface area contributed by atoms with Gasteiger partial charge in [0.1, 0.15) is 12.6 Å². The smallest absolute Gasteiger partial charge is 0.255 e. The quantitative estimate of drug-likeness (QED) is 0.170. The number of halogens is 2. The predicted octanol–water partition coefficient (Wildman–Crippen LogP) is 0.201. The number of nitrogens with zero attached hydrogens (tertiary/aromatic N) is 2. The zero-order valence-corrected chi connectivity index (χ0v) is 25.2. The second-order valence-corrected chi connectivity index (χ2v) is 9.76. The van der Waals surface area contributed by atoms with Crippen LogP contribution in [-0.2, 0) is 39.9 Å². The average Bonchev–Trinajstić information content (AvgIpc) is 3.29. The summed E-state index contributed by atoms with van der Waals surface area (Å²) in [5.41, 5.74) is 1.56. The van der Waals surface area contributed by atoms with Crippen LogP contribution in [0.5, 0.6) is 0 Å². The summed E-state index contributed by atoms with van der Waals surface area (Å²) in [6, 6.07) is 4.34. The van der Waals surface area contributed by atoms with Gasteiger partial charge in [-0.05, 0) is 18.6 Å². The second-order valence-electron chi connectivity index (χ2n) is 9.76. The summed E-state index contributed by atoms with van der Waals surface area (Å²) < 4.78 is 22.0. The number of nitrogens with one attached hydrogen (secondary N) is 3. The number of fused-ring (bicyclic) bond motifs is 1. The number of amides is 4. The van der Waals surface area contributed by atoms with E-state index in [1.165, 1.54) is 4.90 Å². The second kappa shape index (κ2) is 19.0. The minimum Gasteiger partial charge on any atom is -0.378 e. The molecular weight excluding hydrogens is 593 g/mol. The lowest BCUT2D eigenvalue weighted by molar-refractivity contribution is -0.137. The third-order valence-corrected chi connectivity index (χ3v) is 6.97. The Hall–Kier alpha value is -2.36. The van der Waals surface area contributed by atoms with Crippen LogP contribution in [0.1, 0.15) is 28.8 Å². The highest BCUT2D eigenvalue weighted by Crippen LogP contribution is 2.32. The molecule has 0 radical (unpaired) electrons. The largest absolute Gasteiger partial charge is 0.378 e. The van der Waals surface area contributed by atoms with E-state index in [2.05, 4.69) is 20.9 Å². The first-order valence-electron chi connectivity index (χ1n) is 13.8. The Morgan fingerprint density at radius 1 is 0.905 bits per heavy atom. The van der Waals surface area contributed by atoms with E-state index >= 15 is 0 Å². The van der Waals surface area contributed by atoms with E-state index < -0.39 is 11.9 Å². The van der Waals surface area contributed by atoms with Gasteiger partial charge in [0.2, 0.25) is 17.7 Å². The topological polar surface area (TPSA) is 148 Å². The summed E-state index contributed by atoms with van der Waals surface area (Å²) in [7, 11) is 0. The van der Waals surface area contributed by atoms with Gasteiger partial charge in [-0.3, -0.25) is 29.4 Å². The first kappa shape index (κ1) is 35.8. The van der Waals surface area contributed by atoms with Crippen LogP contribution in [-0.4, -0.2) is 125 Å². The summed E-state index contributed by atoms with van der Waals surface area (Å²) in [6.45, 7) is 8.38. The van der Waals surface area contributed by atoms with E-state index in [0.29, 0.717) is 56.5 Å². The summed E-state index contributed by atoms with van der Waals surface area (Å²) in [5.74, 6) is -1.47. The monoisotopic (exact) mass is 633 g/mol. The van der Waals surface area contributed by atoms with Crippen LogP contribution in [0.3, 0.4) is 0 Å². The van der Waals surface area contributed by atoms with Crippen LogP contribution in [0.2, 0.25) is 0 Å². The molecule has 2 fully saturated rings. The zero-order chi connectivity index (χ0) is 28.2. The van der Waals surface area contributed by atoms with Gasteiger partial charge in [0, 0.05) is 62.5 Å². The summed E-state index contributed by atoms with van der Waals surface area (Å²) >= 11 is 0. The Morgan fingerprint density at radius 2 is 1.55 bits per heavy atom.